The van der Waals surface area contributed by atoms with Gasteiger partial charge in [-0.05, 0) is 31.4 Å². The lowest BCUT2D eigenvalue weighted by molar-refractivity contribution is -0.181. The highest BCUT2D eigenvalue weighted by Gasteiger charge is 2.41. The van der Waals surface area contributed by atoms with Gasteiger partial charge in [0.2, 0.25) is 0 Å². The molecule has 136 valence electrons. The summed E-state index contributed by atoms with van der Waals surface area (Å²) in [5.74, 6) is 0.424. The molecule has 3 aliphatic rings. The van der Waals surface area contributed by atoms with Gasteiger partial charge in [0, 0.05) is 25.9 Å². The summed E-state index contributed by atoms with van der Waals surface area (Å²) in [4.78, 5) is 14.5. The summed E-state index contributed by atoms with van der Waals surface area (Å²) in [5, 5.41) is 3.18. The Morgan fingerprint density at radius 1 is 1.12 bits per heavy atom. The molecule has 2 saturated heterocycles. The van der Waals surface area contributed by atoms with Crippen LogP contribution >= 0.6 is 0 Å². The van der Waals surface area contributed by atoms with Crippen LogP contribution in [-0.2, 0) is 9.47 Å². The van der Waals surface area contributed by atoms with Crippen molar-refractivity contribution in [3.05, 3.63) is 30.3 Å². The fourth-order valence-corrected chi connectivity index (χ4v) is 3.99. The molecule has 0 radical (unpaired) electrons. The number of para-hydroxylation sites is 1. The quantitative estimate of drug-likeness (QED) is 0.914. The maximum absolute atomic E-state index is 12.6. The lowest BCUT2D eigenvalue weighted by Crippen LogP contribution is -2.53. The third kappa shape index (κ3) is 3.75. The van der Waals surface area contributed by atoms with Gasteiger partial charge in [-0.15, -0.1) is 0 Å². The zero-order valence-electron chi connectivity index (χ0n) is 14.5. The molecule has 3 fully saturated rings. The molecule has 2 amide bonds. The predicted molar refractivity (Wildman–Crippen MR) is 92.5 cm³/mol. The molecular formula is C19H26N2O4. The van der Waals surface area contributed by atoms with Crippen LogP contribution in [0.3, 0.4) is 0 Å². The number of benzene rings is 1. The lowest BCUT2D eigenvalue weighted by atomic mass is 10.0. The second kappa shape index (κ2) is 7.22. The molecule has 0 aromatic heterocycles. The first-order valence-electron chi connectivity index (χ1n) is 9.29. The monoisotopic (exact) mass is 346 g/mol. The highest BCUT2D eigenvalue weighted by atomic mass is 16.7. The summed E-state index contributed by atoms with van der Waals surface area (Å²) < 4.78 is 17.5. The van der Waals surface area contributed by atoms with Crippen LogP contribution in [0, 0.1) is 0 Å². The van der Waals surface area contributed by atoms with Crippen LogP contribution in [-0.4, -0.2) is 55.2 Å². The third-order valence-electron chi connectivity index (χ3n) is 5.42. The number of likely N-dealkylation sites (tertiary alicyclic amines) is 1. The Morgan fingerprint density at radius 2 is 1.84 bits per heavy atom. The van der Waals surface area contributed by atoms with Crippen molar-refractivity contribution in [3.63, 3.8) is 0 Å². The van der Waals surface area contributed by atoms with E-state index < -0.39 is 5.79 Å². The maximum Gasteiger partial charge on any atom is 0.317 e. The Bertz CT molecular complexity index is 578. The van der Waals surface area contributed by atoms with Crippen molar-refractivity contribution in [2.24, 2.45) is 0 Å². The van der Waals surface area contributed by atoms with Crippen molar-refractivity contribution in [2.75, 3.05) is 26.3 Å². The zero-order valence-corrected chi connectivity index (χ0v) is 14.5. The van der Waals surface area contributed by atoms with E-state index in [0.717, 1.165) is 37.9 Å². The summed E-state index contributed by atoms with van der Waals surface area (Å²) in [5.41, 5.74) is 0. The summed E-state index contributed by atoms with van der Waals surface area (Å²) in [7, 11) is 0. The van der Waals surface area contributed by atoms with Gasteiger partial charge in [-0.1, -0.05) is 18.2 Å². The van der Waals surface area contributed by atoms with E-state index in [1.807, 2.05) is 35.2 Å². The van der Waals surface area contributed by atoms with Crippen LogP contribution in [0.25, 0.3) is 0 Å². The number of hydrogen-bond acceptors (Lipinski definition) is 4. The molecule has 2 atom stereocenters. The van der Waals surface area contributed by atoms with Crippen LogP contribution in [0.4, 0.5) is 4.79 Å². The van der Waals surface area contributed by atoms with Crippen molar-refractivity contribution < 1.29 is 19.0 Å². The van der Waals surface area contributed by atoms with E-state index in [2.05, 4.69) is 5.32 Å². The maximum atomic E-state index is 12.6. The topological polar surface area (TPSA) is 60.0 Å². The Balaban J connectivity index is 1.29. The summed E-state index contributed by atoms with van der Waals surface area (Å²) in [6, 6.07) is 9.90. The number of nitrogens with one attached hydrogen (secondary N) is 1. The van der Waals surface area contributed by atoms with Crippen LogP contribution in [0.15, 0.2) is 30.3 Å². The zero-order chi connectivity index (χ0) is 17.1. The summed E-state index contributed by atoms with van der Waals surface area (Å²) in [6.45, 7) is 2.66. The molecule has 25 heavy (non-hydrogen) atoms. The van der Waals surface area contributed by atoms with E-state index in [9.17, 15) is 4.79 Å². The third-order valence-corrected chi connectivity index (χ3v) is 5.42. The van der Waals surface area contributed by atoms with Gasteiger partial charge in [0.1, 0.15) is 11.9 Å². The first kappa shape index (κ1) is 16.7. The molecule has 6 nitrogen and oxygen atoms in total. The minimum absolute atomic E-state index is 0.00130. The molecule has 1 N–H and O–H groups in total. The number of hydrogen-bond donors (Lipinski definition) is 1. The molecule has 2 aliphatic heterocycles. The normalized spacial score (nSPS) is 28.2. The van der Waals surface area contributed by atoms with Gasteiger partial charge in [0.25, 0.3) is 0 Å². The van der Waals surface area contributed by atoms with E-state index in [1.165, 1.54) is 0 Å². The van der Waals surface area contributed by atoms with Gasteiger partial charge in [0.15, 0.2) is 5.79 Å². The van der Waals surface area contributed by atoms with Crippen molar-refractivity contribution in [1.82, 2.24) is 10.2 Å². The highest BCUT2D eigenvalue weighted by molar-refractivity contribution is 5.74. The van der Waals surface area contributed by atoms with Gasteiger partial charge in [-0.25, -0.2) is 4.79 Å². The number of carbonyl (C=O) groups excluding carboxylic acids is 1. The average Bonchev–Trinajstić information content (AvgIpc) is 3.27. The van der Waals surface area contributed by atoms with Gasteiger partial charge in [0.05, 0.1) is 19.3 Å². The van der Waals surface area contributed by atoms with Crippen LogP contribution in [0.1, 0.15) is 32.1 Å². The Hall–Kier alpha value is -1.79. The molecule has 6 heteroatoms. The van der Waals surface area contributed by atoms with E-state index in [-0.39, 0.29) is 18.2 Å². The Labute approximate surface area is 148 Å². The number of carbonyl (C=O) groups is 1. The Kier molecular flexibility index (Phi) is 4.81. The molecule has 4 rings (SSSR count). The summed E-state index contributed by atoms with van der Waals surface area (Å²) >= 11 is 0. The van der Waals surface area contributed by atoms with E-state index in [0.29, 0.717) is 26.3 Å². The minimum atomic E-state index is -0.441. The molecule has 1 aliphatic carbocycles. The second-order valence-electron chi connectivity index (χ2n) is 7.05. The lowest BCUT2D eigenvalue weighted by Gasteiger charge is -2.38. The first-order valence-corrected chi connectivity index (χ1v) is 9.29. The van der Waals surface area contributed by atoms with E-state index in [1.54, 1.807) is 0 Å². The number of piperidine rings is 1. The SMILES string of the molecule is O=C(N[C@@H]1CCC[C@@H]1Oc1ccccc1)N1CCC2(CC1)OCCO2. The van der Waals surface area contributed by atoms with Gasteiger partial charge in [-0.2, -0.15) is 0 Å². The molecule has 0 unspecified atom stereocenters. The van der Waals surface area contributed by atoms with E-state index in [4.69, 9.17) is 14.2 Å². The number of urea groups is 1. The van der Waals surface area contributed by atoms with Crippen LogP contribution < -0.4 is 10.1 Å². The minimum Gasteiger partial charge on any atom is -0.488 e. The fraction of sp³-hybridized carbons (Fsp3) is 0.632. The fourth-order valence-electron chi connectivity index (χ4n) is 3.99. The standard InChI is InChI=1S/C19H26N2O4/c22-18(21-11-9-19(10-12-21)23-13-14-24-19)20-16-7-4-8-17(16)25-15-5-2-1-3-6-15/h1-3,5-6,16-17H,4,7-14H2,(H,20,22)/t16-,17+/m1/s1. The van der Waals surface area contributed by atoms with Crippen molar-refractivity contribution in [2.45, 2.75) is 50.0 Å². The molecule has 2 heterocycles. The molecule has 0 bridgehead atoms. The molecule has 1 spiro atoms. The number of rotatable bonds is 3. The van der Waals surface area contributed by atoms with E-state index >= 15 is 0 Å². The van der Waals surface area contributed by atoms with Crippen molar-refractivity contribution >= 4 is 6.03 Å². The predicted octanol–water partition coefficient (Wildman–Crippen LogP) is 2.54. The summed E-state index contributed by atoms with van der Waals surface area (Å²) in [6.07, 6.45) is 4.55. The smallest absolute Gasteiger partial charge is 0.317 e. The average molecular weight is 346 g/mol. The molecule has 1 aromatic carbocycles. The number of nitrogens with zero attached hydrogens (tertiary/aromatic N) is 1. The highest BCUT2D eigenvalue weighted by Crippen LogP contribution is 2.31. The van der Waals surface area contributed by atoms with Crippen molar-refractivity contribution in [3.8, 4) is 5.75 Å². The number of amides is 2. The molecule has 1 aromatic rings. The van der Waals surface area contributed by atoms with Gasteiger partial charge >= 0.3 is 6.03 Å². The molecule has 1 saturated carbocycles. The van der Waals surface area contributed by atoms with Gasteiger partial charge in [-0.3, -0.25) is 0 Å². The van der Waals surface area contributed by atoms with Crippen LogP contribution in [0.2, 0.25) is 0 Å². The first-order chi connectivity index (χ1) is 12.2. The largest absolute Gasteiger partial charge is 0.488 e. The molecular weight excluding hydrogens is 320 g/mol. The second-order valence-corrected chi connectivity index (χ2v) is 7.05. The number of ether oxygens (including phenoxy) is 3. The van der Waals surface area contributed by atoms with Crippen molar-refractivity contribution in [1.29, 1.82) is 0 Å². The van der Waals surface area contributed by atoms with Gasteiger partial charge < -0.3 is 24.4 Å². The van der Waals surface area contributed by atoms with Crippen LogP contribution in [0.5, 0.6) is 5.75 Å². The Morgan fingerprint density at radius 3 is 2.56 bits per heavy atom.